The van der Waals surface area contributed by atoms with E-state index < -0.39 is 27.5 Å². The van der Waals surface area contributed by atoms with E-state index in [9.17, 15) is 24.0 Å². The molecule has 0 radical (unpaired) electrons. The van der Waals surface area contributed by atoms with E-state index in [0.29, 0.717) is 37.6 Å². The Morgan fingerprint density at radius 3 is 1.71 bits per heavy atom. The van der Waals surface area contributed by atoms with E-state index in [1.54, 1.807) is 11.6 Å². The lowest BCUT2D eigenvalue weighted by molar-refractivity contribution is -0.136. The summed E-state index contributed by atoms with van der Waals surface area (Å²) in [5.74, 6) is -0.107. The molecule has 1 rings (SSSR count). The number of hydrogen-bond donors (Lipinski definition) is 2. The van der Waals surface area contributed by atoms with E-state index in [2.05, 4.69) is 34.8 Å². The zero-order valence-corrected chi connectivity index (χ0v) is 38.7. The summed E-state index contributed by atoms with van der Waals surface area (Å²) in [4.78, 5) is 63.6. The number of nitrogens with one attached hydrogen (secondary N) is 2. The molecule has 0 aromatic carbocycles. The molecule has 14 nitrogen and oxygen atoms in total. The van der Waals surface area contributed by atoms with Gasteiger partial charge in [-0.1, -0.05) is 81.4 Å². The summed E-state index contributed by atoms with van der Waals surface area (Å²) in [6.07, 6.45) is 3.51. The Balaban J connectivity index is 3.11. The van der Waals surface area contributed by atoms with Crippen LogP contribution < -0.4 is 10.6 Å². The van der Waals surface area contributed by atoms with Gasteiger partial charge in [-0.25, -0.2) is 4.68 Å². The van der Waals surface area contributed by atoms with Gasteiger partial charge in [-0.2, -0.15) is 0 Å². The van der Waals surface area contributed by atoms with Crippen molar-refractivity contribution in [2.75, 3.05) is 52.8 Å². The Labute approximate surface area is 349 Å². The fraction of sp³-hybridized carbons (Fsp3) is 0.841. The Morgan fingerprint density at radius 1 is 0.741 bits per heavy atom. The van der Waals surface area contributed by atoms with Crippen LogP contribution in [0.25, 0.3) is 0 Å². The molecule has 1 heterocycles. The van der Waals surface area contributed by atoms with E-state index in [4.69, 9.17) is 18.9 Å². The molecule has 0 unspecified atom stereocenters. The molecule has 1 aromatic heterocycles. The molecule has 0 aliphatic heterocycles. The molecule has 58 heavy (non-hydrogen) atoms. The number of aromatic nitrogens is 3. The molecule has 0 bridgehead atoms. The van der Waals surface area contributed by atoms with Crippen LogP contribution in [0.15, 0.2) is 6.20 Å². The average molecular weight is 822 g/mol. The number of amides is 2. The largest absolute Gasteiger partial charge is 0.378 e. The van der Waals surface area contributed by atoms with Gasteiger partial charge in [0.2, 0.25) is 11.8 Å². The quantitative estimate of drug-likeness (QED) is 0.0820. The van der Waals surface area contributed by atoms with Crippen LogP contribution in [0.4, 0.5) is 0 Å². The van der Waals surface area contributed by atoms with Gasteiger partial charge in [-0.15, -0.1) is 5.10 Å². The second-order valence-electron chi connectivity index (χ2n) is 19.1. The highest BCUT2D eigenvalue weighted by atomic mass is 16.5. The molecule has 0 saturated heterocycles. The van der Waals surface area contributed by atoms with Crippen molar-refractivity contribution in [2.24, 2.45) is 23.2 Å². The number of ketones is 3. The van der Waals surface area contributed by atoms with E-state index in [-0.39, 0.29) is 106 Å². The Bertz CT molecular complexity index is 1430. The predicted octanol–water partition coefficient (Wildman–Crippen LogP) is 6.17. The van der Waals surface area contributed by atoms with Crippen molar-refractivity contribution in [3.63, 3.8) is 0 Å². The molecule has 334 valence electrons. The van der Waals surface area contributed by atoms with Gasteiger partial charge in [0.25, 0.3) is 0 Å². The van der Waals surface area contributed by atoms with Gasteiger partial charge in [-0.05, 0) is 40.0 Å². The molecule has 14 heteroatoms. The average Bonchev–Trinajstić information content (AvgIpc) is 3.64. The zero-order valence-electron chi connectivity index (χ0n) is 38.7. The van der Waals surface area contributed by atoms with Crippen LogP contribution in [-0.4, -0.2) is 108 Å². The van der Waals surface area contributed by atoms with Gasteiger partial charge < -0.3 is 29.6 Å². The summed E-state index contributed by atoms with van der Waals surface area (Å²) < 4.78 is 26.1. The van der Waals surface area contributed by atoms with Crippen LogP contribution in [0.1, 0.15) is 148 Å². The van der Waals surface area contributed by atoms with E-state index in [0.717, 1.165) is 0 Å². The van der Waals surface area contributed by atoms with Crippen molar-refractivity contribution in [3.8, 4) is 0 Å². The fourth-order valence-electron chi connectivity index (χ4n) is 5.76. The summed E-state index contributed by atoms with van der Waals surface area (Å²) in [6.45, 7) is 30.2. The SMILES string of the molecule is CCC(=O)CCOCC(COCCC(=O)C(C)C)(COCCC(=O)C(C)C)NC(=O)CC(C)(C)OCCC(C)(C)n1cc(C(C)(C)C(C)(C)C(=O)NCC(C)C)nn1. The molecule has 0 fully saturated rings. The maximum Gasteiger partial charge on any atom is 0.226 e. The standard InChI is InChI=1S/C44H79N5O9/c1-16-34(50)17-21-55-28-44(29-56-22-18-35(51)32(4)5,30-57-23-19-36(52)33(6)7)46-38(53)25-41(10,11)58-24-20-40(8,9)49-27-37(47-48-49)42(12,13)43(14,15)39(54)45-26-31(2)3/h27,31-33H,16-26,28-30H2,1-15H3,(H,45,54)(H,46,53). The highest BCUT2D eigenvalue weighted by molar-refractivity contribution is 5.83. The minimum absolute atomic E-state index is 0.00319. The normalized spacial score (nSPS) is 13.1. The summed E-state index contributed by atoms with van der Waals surface area (Å²) in [5.41, 5.74) is -3.21. The third-order valence-corrected chi connectivity index (χ3v) is 11.1. The van der Waals surface area contributed by atoms with Crippen molar-refractivity contribution in [2.45, 2.75) is 164 Å². The minimum Gasteiger partial charge on any atom is -0.378 e. The molecule has 0 aliphatic rings. The highest BCUT2D eigenvalue weighted by Gasteiger charge is 2.46. The number of rotatable bonds is 31. The van der Waals surface area contributed by atoms with Gasteiger partial charge in [0.05, 0.1) is 68.3 Å². The van der Waals surface area contributed by atoms with Crippen LogP contribution >= 0.6 is 0 Å². The number of nitrogens with zero attached hydrogens (tertiary/aromatic N) is 3. The number of carbonyl (C=O) groups excluding carboxylic acids is 5. The second kappa shape index (κ2) is 23.6. The number of ether oxygens (including phenoxy) is 4. The molecular formula is C44H79N5O9. The first-order valence-corrected chi connectivity index (χ1v) is 21.2. The zero-order chi connectivity index (χ0) is 44.5. The summed E-state index contributed by atoms with van der Waals surface area (Å²) >= 11 is 0. The van der Waals surface area contributed by atoms with Crippen LogP contribution in [0, 0.1) is 23.2 Å². The Kier molecular flexibility index (Phi) is 21.6. The van der Waals surface area contributed by atoms with Gasteiger partial charge in [0, 0.05) is 62.3 Å². The molecule has 1 aromatic rings. The van der Waals surface area contributed by atoms with Crippen molar-refractivity contribution in [1.29, 1.82) is 0 Å². The third kappa shape index (κ3) is 17.6. The van der Waals surface area contributed by atoms with E-state index in [1.807, 2.05) is 89.3 Å². The topological polar surface area (TPSA) is 177 Å². The predicted molar refractivity (Wildman–Crippen MR) is 225 cm³/mol. The van der Waals surface area contributed by atoms with Gasteiger partial charge in [-0.3, -0.25) is 24.0 Å². The molecule has 2 N–H and O–H groups in total. The lowest BCUT2D eigenvalue weighted by Gasteiger charge is -2.39. The van der Waals surface area contributed by atoms with Crippen molar-refractivity contribution >= 4 is 29.2 Å². The highest BCUT2D eigenvalue weighted by Crippen LogP contribution is 2.41. The third-order valence-electron chi connectivity index (χ3n) is 11.1. The van der Waals surface area contributed by atoms with Gasteiger partial charge in [0.15, 0.2) is 0 Å². The second-order valence-corrected chi connectivity index (χ2v) is 19.1. The summed E-state index contributed by atoms with van der Waals surface area (Å²) in [6, 6.07) is 0. The number of hydrogen-bond acceptors (Lipinski definition) is 11. The monoisotopic (exact) mass is 822 g/mol. The van der Waals surface area contributed by atoms with E-state index in [1.165, 1.54) is 0 Å². The van der Waals surface area contributed by atoms with Gasteiger partial charge >= 0.3 is 0 Å². The molecular weight excluding hydrogens is 743 g/mol. The Morgan fingerprint density at radius 2 is 1.24 bits per heavy atom. The van der Waals surface area contributed by atoms with E-state index >= 15 is 0 Å². The molecule has 0 atom stereocenters. The first-order valence-electron chi connectivity index (χ1n) is 21.2. The Hall–Kier alpha value is -3.07. The first-order chi connectivity index (χ1) is 26.7. The van der Waals surface area contributed by atoms with Crippen LogP contribution in [0.3, 0.4) is 0 Å². The number of Topliss-reactive ketones (excluding diaryl/α,β-unsaturated/α-hetero) is 3. The summed E-state index contributed by atoms with van der Waals surface area (Å²) in [5, 5.41) is 15.1. The van der Waals surface area contributed by atoms with Crippen LogP contribution in [-0.2, 0) is 53.9 Å². The number of carbonyl (C=O) groups is 5. The van der Waals surface area contributed by atoms with Crippen molar-refractivity contribution in [1.82, 2.24) is 25.6 Å². The maximum atomic E-state index is 13.8. The fourth-order valence-corrected chi connectivity index (χ4v) is 5.76. The molecule has 2 amide bonds. The van der Waals surface area contributed by atoms with Crippen LogP contribution in [0.5, 0.6) is 0 Å². The molecule has 0 spiro atoms. The molecule has 0 aliphatic carbocycles. The molecule has 0 saturated carbocycles. The van der Waals surface area contributed by atoms with Crippen molar-refractivity contribution in [3.05, 3.63) is 11.9 Å². The minimum atomic E-state index is -1.17. The van der Waals surface area contributed by atoms with Crippen LogP contribution in [0.2, 0.25) is 0 Å². The van der Waals surface area contributed by atoms with Crippen molar-refractivity contribution < 1.29 is 42.9 Å². The van der Waals surface area contributed by atoms with Gasteiger partial charge in [0.1, 0.15) is 22.9 Å². The smallest absolute Gasteiger partial charge is 0.226 e. The lowest BCUT2D eigenvalue weighted by Crippen LogP contribution is -2.59. The first kappa shape index (κ1) is 52.9. The maximum absolute atomic E-state index is 13.8. The lowest BCUT2D eigenvalue weighted by atomic mass is 9.65. The summed E-state index contributed by atoms with van der Waals surface area (Å²) in [7, 11) is 0.